The molecule has 3 rings (SSSR count). The van der Waals surface area contributed by atoms with Crippen LogP contribution in [0.5, 0.6) is 5.75 Å². The Kier molecular flexibility index (Phi) is 6.49. The van der Waals surface area contributed by atoms with Gasteiger partial charge in [0.25, 0.3) is 5.91 Å². The van der Waals surface area contributed by atoms with Gasteiger partial charge in [-0.25, -0.2) is 0 Å². The van der Waals surface area contributed by atoms with Gasteiger partial charge < -0.3 is 9.84 Å². The minimum atomic E-state index is -0.959. The van der Waals surface area contributed by atoms with Crippen LogP contribution in [-0.4, -0.2) is 32.7 Å². The van der Waals surface area contributed by atoms with Crippen molar-refractivity contribution in [1.29, 1.82) is 0 Å². The fraction of sp³-hybridized carbons (Fsp3) is 0.190. The number of rotatable bonds is 7. The molecule has 0 saturated carbocycles. The third-order valence-electron chi connectivity index (χ3n) is 4.26. The van der Waals surface area contributed by atoms with Crippen molar-refractivity contribution in [3.63, 3.8) is 0 Å². The Hall–Kier alpha value is -2.64. The highest BCUT2D eigenvalue weighted by molar-refractivity contribution is 8.26. The molecule has 7 heteroatoms. The Labute approximate surface area is 173 Å². The second-order valence-electron chi connectivity index (χ2n) is 6.26. The summed E-state index contributed by atoms with van der Waals surface area (Å²) in [5.74, 6) is -0.468. The average Bonchev–Trinajstić information content (AvgIpc) is 2.93. The van der Waals surface area contributed by atoms with Crippen LogP contribution in [0, 0.1) is 6.92 Å². The van der Waals surface area contributed by atoms with Crippen LogP contribution in [0.4, 0.5) is 0 Å². The van der Waals surface area contributed by atoms with Crippen LogP contribution in [0.3, 0.4) is 0 Å². The largest absolute Gasteiger partial charge is 0.489 e. The Morgan fingerprint density at radius 2 is 1.93 bits per heavy atom. The SMILES string of the molecule is Cc1ccccc1COc1ccc(/C=C2\SC(=S)N(CCC(=O)O)C2=O)cc1. The maximum atomic E-state index is 12.4. The molecule has 1 aliphatic rings. The molecule has 1 saturated heterocycles. The Bertz CT molecular complexity index is 938. The van der Waals surface area contributed by atoms with Crippen molar-refractivity contribution in [1.82, 2.24) is 4.90 Å². The van der Waals surface area contributed by atoms with E-state index < -0.39 is 5.97 Å². The molecule has 1 aliphatic heterocycles. The third kappa shape index (κ3) is 4.99. The van der Waals surface area contributed by atoms with Crippen molar-refractivity contribution in [3.8, 4) is 5.75 Å². The van der Waals surface area contributed by atoms with Crippen LogP contribution in [0.15, 0.2) is 53.4 Å². The number of carbonyl (C=O) groups is 2. The van der Waals surface area contributed by atoms with Crippen molar-refractivity contribution in [2.45, 2.75) is 20.0 Å². The smallest absolute Gasteiger partial charge is 0.305 e. The topological polar surface area (TPSA) is 66.8 Å². The van der Waals surface area contributed by atoms with Crippen molar-refractivity contribution in [3.05, 3.63) is 70.1 Å². The second kappa shape index (κ2) is 9.03. The normalized spacial score (nSPS) is 15.3. The van der Waals surface area contributed by atoms with Crippen molar-refractivity contribution in [2.75, 3.05) is 6.54 Å². The fourth-order valence-corrected chi connectivity index (χ4v) is 3.95. The van der Waals surface area contributed by atoms with E-state index in [0.29, 0.717) is 15.8 Å². The van der Waals surface area contributed by atoms with Crippen LogP contribution < -0.4 is 4.74 Å². The maximum absolute atomic E-state index is 12.4. The quantitative estimate of drug-likeness (QED) is 0.541. The van der Waals surface area contributed by atoms with Gasteiger partial charge in [0, 0.05) is 6.54 Å². The summed E-state index contributed by atoms with van der Waals surface area (Å²) < 4.78 is 6.21. The van der Waals surface area contributed by atoms with E-state index in [-0.39, 0.29) is 18.9 Å². The molecule has 28 heavy (non-hydrogen) atoms. The second-order valence-corrected chi connectivity index (χ2v) is 7.94. The van der Waals surface area contributed by atoms with Gasteiger partial charge in [-0.2, -0.15) is 0 Å². The van der Waals surface area contributed by atoms with E-state index in [9.17, 15) is 9.59 Å². The molecule has 144 valence electrons. The molecule has 1 heterocycles. The van der Waals surface area contributed by atoms with Crippen LogP contribution >= 0.6 is 24.0 Å². The van der Waals surface area contributed by atoms with Gasteiger partial charge in [0.05, 0.1) is 11.3 Å². The molecule has 0 aliphatic carbocycles. The summed E-state index contributed by atoms with van der Waals surface area (Å²) in [5, 5.41) is 8.79. The maximum Gasteiger partial charge on any atom is 0.305 e. The van der Waals surface area contributed by atoms with E-state index in [0.717, 1.165) is 16.9 Å². The zero-order chi connectivity index (χ0) is 20.1. The van der Waals surface area contributed by atoms with E-state index in [1.165, 1.54) is 22.2 Å². The molecule has 5 nitrogen and oxygen atoms in total. The van der Waals surface area contributed by atoms with Crippen LogP contribution in [0.25, 0.3) is 6.08 Å². The molecule has 1 fully saturated rings. The summed E-state index contributed by atoms with van der Waals surface area (Å²) >= 11 is 6.38. The lowest BCUT2D eigenvalue weighted by molar-refractivity contribution is -0.137. The van der Waals surface area contributed by atoms with Gasteiger partial charge in [-0.15, -0.1) is 0 Å². The molecule has 1 N–H and O–H groups in total. The molecular formula is C21H19NO4S2. The highest BCUT2D eigenvalue weighted by Crippen LogP contribution is 2.32. The number of aryl methyl sites for hydroxylation is 1. The van der Waals surface area contributed by atoms with E-state index in [2.05, 4.69) is 13.0 Å². The molecule has 2 aromatic carbocycles. The van der Waals surface area contributed by atoms with Crippen molar-refractivity contribution >= 4 is 46.3 Å². The Morgan fingerprint density at radius 1 is 1.21 bits per heavy atom. The van der Waals surface area contributed by atoms with Gasteiger partial charge in [0.1, 0.15) is 16.7 Å². The van der Waals surface area contributed by atoms with Gasteiger partial charge in [-0.05, 0) is 41.8 Å². The van der Waals surface area contributed by atoms with E-state index >= 15 is 0 Å². The van der Waals surface area contributed by atoms with Crippen LogP contribution in [-0.2, 0) is 16.2 Å². The zero-order valence-corrected chi connectivity index (χ0v) is 16.9. The minimum Gasteiger partial charge on any atom is -0.489 e. The monoisotopic (exact) mass is 413 g/mol. The number of thioether (sulfide) groups is 1. The minimum absolute atomic E-state index is 0.0863. The van der Waals surface area contributed by atoms with E-state index in [1.807, 2.05) is 42.5 Å². The standard InChI is InChI=1S/C21H19NO4S2/c1-14-4-2-3-5-16(14)13-26-17-8-6-15(7-9-17)12-18-20(25)22(21(27)28-18)11-10-19(23)24/h2-9,12H,10-11,13H2,1H3,(H,23,24)/b18-12-. The van der Waals surface area contributed by atoms with Crippen molar-refractivity contribution < 1.29 is 19.4 Å². The van der Waals surface area contributed by atoms with Gasteiger partial charge in [0.2, 0.25) is 0 Å². The molecule has 1 amide bonds. The fourth-order valence-electron chi connectivity index (χ4n) is 2.64. The Balaban J connectivity index is 1.63. The van der Waals surface area contributed by atoms with Gasteiger partial charge in [0.15, 0.2) is 0 Å². The van der Waals surface area contributed by atoms with E-state index in [1.54, 1.807) is 6.08 Å². The number of nitrogens with zero attached hydrogens (tertiary/aromatic N) is 1. The summed E-state index contributed by atoms with van der Waals surface area (Å²) in [6.07, 6.45) is 1.62. The number of ether oxygens (including phenoxy) is 1. The molecule has 0 aromatic heterocycles. The number of carboxylic acids is 1. The lowest BCUT2D eigenvalue weighted by Gasteiger charge is -2.12. The van der Waals surface area contributed by atoms with Crippen LogP contribution in [0.1, 0.15) is 23.1 Å². The molecule has 0 atom stereocenters. The summed E-state index contributed by atoms with van der Waals surface area (Å²) in [6, 6.07) is 15.5. The zero-order valence-electron chi connectivity index (χ0n) is 15.3. The number of carbonyl (C=O) groups excluding carboxylic acids is 1. The van der Waals surface area contributed by atoms with Gasteiger partial charge in [-0.1, -0.05) is 60.4 Å². The first-order valence-corrected chi connectivity index (χ1v) is 9.91. The number of hydrogen-bond donors (Lipinski definition) is 1. The summed E-state index contributed by atoms with van der Waals surface area (Å²) in [7, 11) is 0. The first kappa shape index (κ1) is 20.1. The highest BCUT2D eigenvalue weighted by atomic mass is 32.2. The lowest BCUT2D eigenvalue weighted by atomic mass is 10.1. The highest BCUT2D eigenvalue weighted by Gasteiger charge is 2.31. The number of amides is 1. The summed E-state index contributed by atoms with van der Waals surface area (Å²) in [5.41, 5.74) is 3.17. The van der Waals surface area contributed by atoms with E-state index in [4.69, 9.17) is 22.1 Å². The summed E-state index contributed by atoms with van der Waals surface area (Å²) in [6.45, 7) is 2.63. The molecule has 2 aromatic rings. The molecule has 0 bridgehead atoms. The average molecular weight is 414 g/mol. The van der Waals surface area contributed by atoms with Gasteiger partial charge in [-0.3, -0.25) is 14.5 Å². The molecular weight excluding hydrogens is 394 g/mol. The first-order valence-electron chi connectivity index (χ1n) is 8.68. The summed E-state index contributed by atoms with van der Waals surface area (Å²) in [4.78, 5) is 25.0. The molecule has 0 unspecified atom stereocenters. The lowest BCUT2D eigenvalue weighted by Crippen LogP contribution is -2.30. The number of benzene rings is 2. The molecule has 0 radical (unpaired) electrons. The number of aliphatic carboxylic acids is 1. The Morgan fingerprint density at radius 3 is 2.61 bits per heavy atom. The van der Waals surface area contributed by atoms with Crippen molar-refractivity contribution in [2.24, 2.45) is 0 Å². The van der Waals surface area contributed by atoms with Crippen LogP contribution in [0.2, 0.25) is 0 Å². The number of carboxylic acid groups (broad SMARTS) is 1. The first-order chi connectivity index (χ1) is 13.4. The predicted molar refractivity (Wildman–Crippen MR) is 114 cm³/mol. The number of hydrogen-bond acceptors (Lipinski definition) is 5. The van der Waals surface area contributed by atoms with Gasteiger partial charge >= 0.3 is 5.97 Å². The number of thiocarbonyl (C=S) groups is 1. The third-order valence-corrected chi connectivity index (χ3v) is 5.63. The predicted octanol–water partition coefficient (Wildman–Crippen LogP) is 4.25. The molecule has 0 spiro atoms.